The second-order valence-corrected chi connectivity index (χ2v) is 5.97. The van der Waals surface area contributed by atoms with E-state index in [1.165, 1.54) is 18.2 Å². The normalized spacial score (nSPS) is 16.7. The van der Waals surface area contributed by atoms with Crippen molar-refractivity contribution in [3.63, 3.8) is 0 Å². The van der Waals surface area contributed by atoms with E-state index in [2.05, 4.69) is 15.3 Å². The van der Waals surface area contributed by atoms with Gasteiger partial charge in [-0.1, -0.05) is 12.1 Å². The van der Waals surface area contributed by atoms with E-state index < -0.39 is 11.7 Å². The van der Waals surface area contributed by atoms with Gasteiger partial charge < -0.3 is 10.2 Å². The minimum absolute atomic E-state index is 0.00911. The Kier molecular flexibility index (Phi) is 5.02. The van der Waals surface area contributed by atoms with Crippen LogP contribution in [0, 0.1) is 5.82 Å². The van der Waals surface area contributed by atoms with Crippen LogP contribution in [0.2, 0.25) is 0 Å². The predicted octanol–water partition coefficient (Wildman–Crippen LogP) is 2.23. The van der Waals surface area contributed by atoms with E-state index in [0.717, 1.165) is 19.4 Å². The standard InChI is InChI=1S/C18H19FN4O2/c1-12(24)23-8-4-7-17(23)16-11-20-9-13(22-16)10-21-18(25)14-5-2-3-6-15(14)19/h2-3,5-6,9,11,17H,4,7-8,10H2,1H3,(H,21,25). The number of amides is 2. The third-order valence-electron chi connectivity index (χ3n) is 4.25. The summed E-state index contributed by atoms with van der Waals surface area (Å²) in [5.41, 5.74) is 1.27. The monoisotopic (exact) mass is 342 g/mol. The summed E-state index contributed by atoms with van der Waals surface area (Å²) in [5, 5.41) is 2.65. The minimum atomic E-state index is -0.567. The number of rotatable bonds is 4. The zero-order valence-electron chi connectivity index (χ0n) is 13.9. The van der Waals surface area contributed by atoms with Crippen molar-refractivity contribution in [2.24, 2.45) is 0 Å². The molecule has 0 bridgehead atoms. The first-order valence-electron chi connectivity index (χ1n) is 8.17. The Morgan fingerprint density at radius 1 is 1.32 bits per heavy atom. The Balaban J connectivity index is 1.69. The van der Waals surface area contributed by atoms with E-state index in [9.17, 15) is 14.0 Å². The van der Waals surface area contributed by atoms with Crippen LogP contribution < -0.4 is 5.32 Å². The highest BCUT2D eigenvalue weighted by Gasteiger charge is 2.29. The number of halogens is 1. The molecule has 1 fully saturated rings. The average Bonchev–Trinajstić information content (AvgIpc) is 3.10. The van der Waals surface area contributed by atoms with Gasteiger partial charge in [0.1, 0.15) is 5.82 Å². The molecule has 1 aromatic heterocycles. The smallest absolute Gasteiger partial charge is 0.254 e. The molecule has 0 spiro atoms. The molecular formula is C18H19FN4O2. The molecule has 1 N–H and O–H groups in total. The second kappa shape index (κ2) is 7.38. The SMILES string of the molecule is CC(=O)N1CCCC1c1cncc(CNC(=O)c2ccccc2F)n1. The Bertz CT molecular complexity index is 796. The average molecular weight is 342 g/mol. The second-order valence-electron chi connectivity index (χ2n) is 5.97. The zero-order valence-corrected chi connectivity index (χ0v) is 13.9. The van der Waals surface area contributed by atoms with Crippen molar-refractivity contribution in [1.82, 2.24) is 20.2 Å². The van der Waals surface area contributed by atoms with Gasteiger partial charge in [0.25, 0.3) is 5.91 Å². The molecule has 0 saturated carbocycles. The summed E-state index contributed by atoms with van der Waals surface area (Å²) in [7, 11) is 0. The molecule has 1 saturated heterocycles. The minimum Gasteiger partial charge on any atom is -0.346 e. The van der Waals surface area contributed by atoms with Crippen LogP contribution in [0.1, 0.15) is 47.6 Å². The van der Waals surface area contributed by atoms with Crippen LogP contribution in [0.25, 0.3) is 0 Å². The molecule has 25 heavy (non-hydrogen) atoms. The van der Waals surface area contributed by atoms with E-state index in [-0.39, 0.29) is 24.1 Å². The number of hydrogen-bond donors (Lipinski definition) is 1. The third-order valence-corrected chi connectivity index (χ3v) is 4.25. The predicted molar refractivity (Wildman–Crippen MR) is 89.0 cm³/mol. The van der Waals surface area contributed by atoms with Crippen molar-refractivity contribution in [3.05, 3.63) is 59.4 Å². The molecule has 7 heteroatoms. The van der Waals surface area contributed by atoms with Gasteiger partial charge in [0.05, 0.1) is 41.9 Å². The molecular weight excluding hydrogens is 323 g/mol. The maximum Gasteiger partial charge on any atom is 0.254 e. The van der Waals surface area contributed by atoms with Gasteiger partial charge in [-0.15, -0.1) is 0 Å². The van der Waals surface area contributed by atoms with Gasteiger partial charge in [-0.05, 0) is 25.0 Å². The van der Waals surface area contributed by atoms with E-state index >= 15 is 0 Å². The molecule has 130 valence electrons. The number of nitrogens with one attached hydrogen (secondary N) is 1. The van der Waals surface area contributed by atoms with Crippen molar-refractivity contribution in [2.75, 3.05) is 6.54 Å². The molecule has 2 heterocycles. The maximum atomic E-state index is 13.6. The van der Waals surface area contributed by atoms with Gasteiger partial charge in [0.15, 0.2) is 0 Å². The fraction of sp³-hybridized carbons (Fsp3) is 0.333. The molecule has 6 nitrogen and oxygen atoms in total. The molecule has 1 unspecified atom stereocenters. The lowest BCUT2D eigenvalue weighted by atomic mass is 10.1. The van der Waals surface area contributed by atoms with Crippen LogP contribution in [0.5, 0.6) is 0 Å². The van der Waals surface area contributed by atoms with Crippen molar-refractivity contribution in [2.45, 2.75) is 32.4 Å². The van der Waals surface area contributed by atoms with Crippen LogP contribution in [-0.4, -0.2) is 33.2 Å². The number of likely N-dealkylation sites (tertiary alicyclic amines) is 1. The van der Waals surface area contributed by atoms with Gasteiger partial charge in [0, 0.05) is 13.5 Å². The van der Waals surface area contributed by atoms with Crippen LogP contribution >= 0.6 is 0 Å². The van der Waals surface area contributed by atoms with Crippen LogP contribution in [-0.2, 0) is 11.3 Å². The number of hydrogen-bond acceptors (Lipinski definition) is 4. The zero-order chi connectivity index (χ0) is 17.8. The van der Waals surface area contributed by atoms with Crippen LogP contribution in [0.4, 0.5) is 4.39 Å². The van der Waals surface area contributed by atoms with Crippen molar-refractivity contribution in [1.29, 1.82) is 0 Å². The Morgan fingerprint density at radius 3 is 2.88 bits per heavy atom. The fourth-order valence-electron chi connectivity index (χ4n) is 3.03. The Labute approximate surface area is 145 Å². The molecule has 2 aromatic rings. The number of aromatic nitrogens is 2. The first-order valence-corrected chi connectivity index (χ1v) is 8.17. The molecule has 2 amide bonds. The molecule has 0 aliphatic carbocycles. The highest BCUT2D eigenvalue weighted by molar-refractivity contribution is 5.94. The first-order chi connectivity index (χ1) is 12.1. The van der Waals surface area contributed by atoms with Crippen molar-refractivity contribution in [3.8, 4) is 0 Å². The molecule has 0 radical (unpaired) electrons. The topological polar surface area (TPSA) is 75.2 Å². The highest BCUT2D eigenvalue weighted by Crippen LogP contribution is 2.30. The maximum absolute atomic E-state index is 13.6. The number of carbonyl (C=O) groups excluding carboxylic acids is 2. The van der Waals surface area contributed by atoms with Crippen molar-refractivity contribution >= 4 is 11.8 Å². The number of nitrogens with zero attached hydrogens (tertiary/aromatic N) is 3. The van der Waals surface area contributed by atoms with Gasteiger partial charge >= 0.3 is 0 Å². The molecule has 1 aliphatic heterocycles. The summed E-state index contributed by atoms with van der Waals surface area (Å²) in [5.74, 6) is -1.05. The Morgan fingerprint density at radius 2 is 2.12 bits per heavy atom. The van der Waals surface area contributed by atoms with E-state index in [0.29, 0.717) is 11.4 Å². The van der Waals surface area contributed by atoms with Gasteiger partial charge in [-0.2, -0.15) is 0 Å². The largest absolute Gasteiger partial charge is 0.346 e. The van der Waals surface area contributed by atoms with Gasteiger partial charge in [-0.25, -0.2) is 4.39 Å². The summed E-state index contributed by atoms with van der Waals surface area (Å²) in [4.78, 5) is 34.2. The summed E-state index contributed by atoms with van der Waals surface area (Å²) in [6.45, 7) is 2.40. The van der Waals surface area contributed by atoms with E-state index in [1.807, 2.05) is 0 Å². The molecule has 1 aliphatic rings. The lowest BCUT2D eigenvalue weighted by Gasteiger charge is -2.22. The summed E-state index contributed by atoms with van der Waals surface area (Å²) < 4.78 is 13.6. The van der Waals surface area contributed by atoms with Crippen LogP contribution in [0.3, 0.4) is 0 Å². The summed E-state index contributed by atoms with van der Waals surface area (Å²) >= 11 is 0. The molecule has 3 rings (SSSR count). The number of carbonyl (C=O) groups is 2. The third kappa shape index (κ3) is 3.81. The molecule has 1 aromatic carbocycles. The summed E-state index contributed by atoms with van der Waals surface area (Å²) in [6.07, 6.45) is 4.98. The highest BCUT2D eigenvalue weighted by atomic mass is 19.1. The first kappa shape index (κ1) is 17.0. The number of benzene rings is 1. The Hall–Kier alpha value is -2.83. The van der Waals surface area contributed by atoms with E-state index in [4.69, 9.17) is 0 Å². The lowest BCUT2D eigenvalue weighted by Crippen LogP contribution is -2.29. The fourth-order valence-corrected chi connectivity index (χ4v) is 3.03. The van der Waals surface area contributed by atoms with Crippen molar-refractivity contribution < 1.29 is 14.0 Å². The quantitative estimate of drug-likeness (QED) is 0.924. The van der Waals surface area contributed by atoms with Gasteiger partial charge in [0.2, 0.25) is 5.91 Å². The van der Waals surface area contributed by atoms with E-state index in [1.54, 1.807) is 30.3 Å². The summed E-state index contributed by atoms with van der Waals surface area (Å²) in [6, 6.07) is 5.73. The lowest BCUT2D eigenvalue weighted by molar-refractivity contribution is -0.129. The van der Waals surface area contributed by atoms with Gasteiger partial charge in [-0.3, -0.25) is 19.6 Å². The van der Waals surface area contributed by atoms with Crippen LogP contribution in [0.15, 0.2) is 36.7 Å². The molecule has 1 atom stereocenters.